The Bertz CT molecular complexity index is 803. The predicted octanol–water partition coefficient (Wildman–Crippen LogP) is 0.967. The van der Waals surface area contributed by atoms with Gasteiger partial charge in [0.1, 0.15) is 5.70 Å². The zero-order valence-corrected chi connectivity index (χ0v) is 16.4. The molecule has 2 rings (SSSR count). The molecule has 1 aromatic rings. The fourth-order valence-corrected chi connectivity index (χ4v) is 2.81. The van der Waals surface area contributed by atoms with Crippen molar-refractivity contribution >= 4 is 29.2 Å². The van der Waals surface area contributed by atoms with Crippen LogP contribution in [-0.2, 0) is 19.1 Å². The number of amides is 1. The SMILES string of the molecule is COC(=O)C1=C(Nc2cc(C(=O)OC)ccc2NC(C)C)C(=O)N(CCO)C1. The Morgan fingerprint density at radius 3 is 2.43 bits per heavy atom. The number of aliphatic hydroxyl groups is 1. The molecule has 0 bridgehead atoms. The molecule has 1 aliphatic heterocycles. The number of benzene rings is 1. The van der Waals surface area contributed by atoms with Crippen LogP contribution in [0.2, 0.25) is 0 Å². The van der Waals surface area contributed by atoms with Crippen LogP contribution in [0.15, 0.2) is 29.5 Å². The number of carbonyl (C=O) groups excluding carboxylic acids is 3. The van der Waals surface area contributed by atoms with Gasteiger partial charge in [0.2, 0.25) is 0 Å². The van der Waals surface area contributed by atoms with E-state index in [4.69, 9.17) is 14.6 Å². The third-order valence-corrected chi connectivity index (χ3v) is 4.10. The fourth-order valence-electron chi connectivity index (χ4n) is 2.81. The molecule has 3 N–H and O–H groups in total. The number of nitrogens with zero attached hydrogens (tertiary/aromatic N) is 1. The van der Waals surface area contributed by atoms with Crippen molar-refractivity contribution in [2.75, 3.05) is 44.5 Å². The number of hydrogen-bond donors (Lipinski definition) is 3. The summed E-state index contributed by atoms with van der Waals surface area (Å²) in [5, 5.41) is 15.4. The van der Waals surface area contributed by atoms with E-state index in [9.17, 15) is 14.4 Å². The Labute approximate surface area is 163 Å². The lowest BCUT2D eigenvalue weighted by Gasteiger charge is -2.18. The van der Waals surface area contributed by atoms with Crippen molar-refractivity contribution in [3.8, 4) is 0 Å². The number of β-amino-alcohol motifs (C(OH)–C–C–N with tert-alkyl or cyclic N) is 1. The van der Waals surface area contributed by atoms with Gasteiger partial charge < -0.3 is 30.1 Å². The molecule has 1 aromatic carbocycles. The molecule has 9 heteroatoms. The summed E-state index contributed by atoms with van der Waals surface area (Å²) in [5.41, 5.74) is 1.58. The number of anilines is 2. The summed E-state index contributed by atoms with van der Waals surface area (Å²) in [7, 11) is 2.51. The van der Waals surface area contributed by atoms with Crippen molar-refractivity contribution in [2.45, 2.75) is 19.9 Å². The molecule has 152 valence electrons. The quantitative estimate of drug-likeness (QED) is 0.561. The van der Waals surface area contributed by atoms with Crippen LogP contribution >= 0.6 is 0 Å². The number of methoxy groups -OCH3 is 2. The van der Waals surface area contributed by atoms with Crippen molar-refractivity contribution in [3.05, 3.63) is 35.0 Å². The van der Waals surface area contributed by atoms with E-state index in [1.807, 2.05) is 13.8 Å². The molecule has 0 spiro atoms. The van der Waals surface area contributed by atoms with Gasteiger partial charge >= 0.3 is 11.9 Å². The van der Waals surface area contributed by atoms with E-state index in [-0.39, 0.29) is 42.6 Å². The van der Waals surface area contributed by atoms with E-state index in [1.165, 1.54) is 19.1 Å². The number of hydrogen-bond acceptors (Lipinski definition) is 8. The van der Waals surface area contributed by atoms with Gasteiger partial charge in [0.25, 0.3) is 5.91 Å². The van der Waals surface area contributed by atoms with Crippen molar-refractivity contribution in [2.24, 2.45) is 0 Å². The van der Waals surface area contributed by atoms with Crippen LogP contribution in [0.3, 0.4) is 0 Å². The number of nitrogens with one attached hydrogen (secondary N) is 2. The first-order chi connectivity index (χ1) is 13.3. The summed E-state index contributed by atoms with van der Waals surface area (Å²) in [4.78, 5) is 38.1. The minimum absolute atomic E-state index is 0.0258. The molecule has 28 heavy (non-hydrogen) atoms. The number of ether oxygens (including phenoxy) is 2. The highest BCUT2D eigenvalue weighted by Crippen LogP contribution is 2.29. The number of carbonyl (C=O) groups is 3. The van der Waals surface area contributed by atoms with E-state index >= 15 is 0 Å². The maximum Gasteiger partial charge on any atom is 0.337 e. The Morgan fingerprint density at radius 1 is 1.18 bits per heavy atom. The molecular formula is C19H25N3O6. The predicted molar refractivity (Wildman–Crippen MR) is 103 cm³/mol. The van der Waals surface area contributed by atoms with Crippen molar-refractivity contribution in [3.63, 3.8) is 0 Å². The number of aliphatic hydroxyl groups excluding tert-OH is 1. The second kappa shape index (κ2) is 9.23. The molecular weight excluding hydrogens is 366 g/mol. The molecule has 0 fully saturated rings. The Balaban J connectivity index is 2.48. The second-order valence-electron chi connectivity index (χ2n) is 6.47. The van der Waals surface area contributed by atoms with E-state index in [2.05, 4.69) is 10.6 Å². The molecule has 0 radical (unpaired) electrons. The van der Waals surface area contributed by atoms with Gasteiger partial charge in [-0.05, 0) is 32.0 Å². The number of rotatable bonds is 8. The lowest BCUT2D eigenvalue weighted by molar-refractivity contribution is -0.136. The highest BCUT2D eigenvalue weighted by atomic mass is 16.5. The van der Waals surface area contributed by atoms with Crippen LogP contribution in [0.4, 0.5) is 11.4 Å². The summed E-state index contributed by atoms with van der Waals surface area (Å²) in [6.45, 7) is 3.77. The van der Waals surface area contributed by atoms with Gasteiger partial charge in [-0.15, -0.1) is 0 Å². The summed E-state index contributed by atoms with van der Waals surface area (Å²) >= 11 is 0. The van der Waals surface area contributed by atoms with E-state index in [0.29, 0.717) is 11.4 Å². The van der Waals surface area contributed by atoms with Crippen molar-refractivity contribution in [1.29, 1.82) is 0 Å². The third-order valence-electron chi connectivity index (χ3n) is 4.10. The molecule has 0 saturated carbocycles. The van der Waals surface area contributed by atoms with E-state index < -0.39 is 17.8 Å². The van der Waals surface area contributed by atoms with E-state index in [0.717, 1.165) is 0 Å². The minimum atomic E-state index is -0.640. The molecule has 0 atom stereocenters. The average molecular weight is 391 g/mol. The monoisotopic (exact) mass is 391 g/mol. The lowest BCUT2D eigenvalue weighted by Crippen LogP contribution is -2.31. The summed E-state index contributed by atoms with van der Waals surface area (Å²) < 4.78 is 9.54. The van der Waals surface area contributed by atoms with Crippen molar-refractivity contribution in [1.82, 2.24) is 4.90 Å². The zero-order chi connectivity index (χ0) is 20.8. The summed E-state index contributed by atoms with van der Waals surface area (Å²) in [5.74, 6) is -1.60. The van der Waals surface area contributed by atoms with Gasteiger partial charge in [-0.3, -0.25) is 4.79 Å². The van der Waals surface area contributed by atoms with Crippen LogP contribution in [0.1, 0.15) is 24.2 Å². The first kappa shape index (κ1) is 21.2. The molecule has 0 aliphatic carbocycles. The van der Waals surface area contributed by atoms with Crippen LogP contribution in [0, 0.1) is 0 Å². The molecule has 1 heterocycles. The fraction of sp³-hybridized carbons (Fsp3) is 0.421. The minimum Gasteiger partial charge on any atom is -0.466 e. The standard InChI is InChI=1S/C19H25N3O6/c1-11(2)20-14-6-5-12(18(25)27-3)9-15(14)21-16-13(19(26)28-4)10-22(7-8-23)17(16)24/h5-6,9,11,20-21,23H,7-8,10H2,1-4H3. The first-order valence-electron chi connectivity index (χ1n) is 8.79. The molecule has 0 unspecified atom stereocenters. The average Bonchev–Trinajstić information content (AvgIpc) is 2.97. The molecule has 1 aliphatic rings. The van der Waals surface area contributed by atoms with Crippen molar-refractivity contribution < 1.29 is 29.0 Å². The molecule has 9 nitrogen and oxygen atoms in total. The Kier molecular flexibility index (Phi) is 7.00. The van der Waals surface area contributed by atoms with Crippen LogP contribution < -0.4 is 10.6 Å². The first-order valence-corrected chi connectivity index (χ1v) is 8.79. The Hall–Kier alpha value is -3.07. The maximum absolute atomic E-state index is 12.7. The second-order valence-corrected chi connectivity index (χ2v) is 6.47. The molecule has 0 aromatic heterocycles. The van der Waals surface area contributed by atoms with Gasteiger partial charge in [-0.25, -0.2) is 9.59 Å². The number of esters is 2. The summed E-state index contributed by atoms with van der Waals surface area (Å²) in [6.07, 6.45) is 0. The van der Waals surface area contributed by atoms with Gasteiger partial charge in [-0.2, -0.15) is 0 Å². The summed E-state index contributed by atoms with van der Waals surface area (Å²) in [6, 6.07) is 4.92. The smallest absolute Gasteiger partial charge is 0.337 e. The topological polar surface area (TPSA) is 117 Å². The molecule has 1 amide bonds. The van der Waals surface area contributed by atoms with Gasteiger partial charge in [0.05, 0.1) is 49.9 Å². The highest BCUT2D eigenvalue weighted by Gasteiger charge is 2.34. The van der Waals surface area contributed by atoms with Gasteiger partial charge in [-0.1, -0.05) is 0 Å². The van der Waals surface area contributed by atoms with Crippen LogP contribution in [0.5, 0.6) is 0 Å². The maximum atomic E-state index is 12.7. The molecule has 0 saturated heterocycles. The highest BCUT2D eigenvalue weighted by molar-refractivity contribution is 6.09. The van der Waals surface area contributed by atoms with Crippen LogP contribution in [0.25, 0.3) is 0 Å². The Morgan fingerprint density at radius 2 is 1.86 bits per heavy atom. The lowest BCUT2D eigenvalue weighted by atomic mass is 10.1. The van der Waals surface area contributed by atoms with E-state index in [1.54, 1.807) is 18.2 Å². The normalized spacial score (nSPS) is 13.8. The largest absolute Gasteiger partial charge is 0.466 e. The van der Waals surface area contributed by atoms with Gasteiger partial charge in [0, 0.05) is 12.6 Å². The zero-order valence-electron chi connectivity index (χ0n) is 16.4. The third kappa shape index (κ3) is 4.61. The van der Waals surface area contributed by atoms with Gasteiger partial charge in [0.15, 0.2) is 0 Å². The van der Waals surface area contributed by atoms with Crippen LogP contribution in [-0.4, -0.2) is 67.8 Å².